The van der Waals surface area contributed by atoms with Crippen molar-refractivity contribution in [1.82, 2.24) is 4.90 Å². The summed E-state index contributed by atoms with van der Waals surface area (Å²) < 4.78 is 0. The summed E-state index contributed by atoms with van der Waals surface area (Å²) in [5.41, 5.74) is 2.01. The third kappa shape index (κ3) is 3.41. The molecule has 0 bridgehead atoms. The number of piperidine rings is 1. The minimum atomic E-state index is 0.200. The van der Waals surface area contributed by atoms with Gasteiger partial charge < -0.3 is 4.90 Å². The van der Waals surface area contributed by atoms with Crippen molar-refractivity contribution in [2.75, 3.05) is 13.1 Å². The lowest BCUT2D eigenvalue weighted by Gasteiger charge is -2.35. The van der Waals surface area contributed by atoms with E-state index in [1.807, 2.05) is 23.1 Å². The molecule has 0 N–H and O–H groups in total. The van der Waals surface area contributed by atoms with E-state index in [-0.39, 0.29) is 5.91 Å². The zero-order valence-corrected chi connectivity index (χ0v) is 14.1. The molecule has 0 spiro atoms. The van der Waals surface area contributed by atoms with E-state index >= 15 is 0 Å². The fraction of sp³-hybridized carbons (Fsp3) is 0.421. The molecule has 2 nitrogen and oxygen atoms in total. The molecule has 1 fully saturated rings. The topological polar surface area (TPSA) is 20.3 Å². The summed E-state index contributed by atoms with van der Waals surface area (Å²) in [5.74, 6) is 1.39. The Morgan fingerprint density at radius 3 is 2.55 bits per heavy atom. The van der Waals surface area contributed by atoms with Crippen LogP contribution < -0.4 is 0 Å². The molecule has 3 rings (SSSR count). The van der Waals surface area contributed by atoms with Crippen LogP contribution >= 0.6 is 11.3 Å². The van der Waals surface area contributed by atoms with Crippen LogP contribution in [-0.2, 0) is 6.42 Å². The van der Waals surface area contributed by atoms with Gasteiger partial charge in [0.15, 0.2) is 0 Å². The van der Waals surface area contributed by atoms with Gasteiger partial charge in [0.1, 0.15) is 0 Å². The van der Waals surface area contributed by atoms with Crippen LogP contribution in [-0.4, -0.2) is 23.9 Å². The van der Waals surface area contributed by atoms with E-state index in [4.69, 9.17) is 0 Å². The highest BCUT2D eigenvalue weighted by Crippen LogP contribution is 2.24. The molecule has 0 radical (unpaired) electrons. The molecule has 3 heteroatoms. The Hall–Kier alpha value is -1.61. The zero-order chi connectivity index (χ0) is 15.5. The molecule has 116 valence electrons. The van der Waals surface area contributed by atoms with Crippen LogP contribution in [0.1, 0.15) is 41.1 Å². The average Bonchev–Trinajstić information content (AvgIpc) is 2.99. The summed E-state index contributed by atoms with van der Waals surface area (Å²) in [7, 11) is 0. The van der Waals surface area contributed by atoms with Crippen LogP contribution in [0, 0.1) is 11.8 Å². The number of likely N-dealkylation sites (tertiary alicyclic amines) is 1. The number of hydrogen-bond donors (Lipinski definition) is 0. The standard InChI is InChI=1S/C19H23NOS/c1-14-10-15(2)13-20(12-14)19(21)18-8-4-3-6-16(18)11-17-7-5-9-22-17/h3-9,14-15H,10-13H2,1-2H3. The summed E-state index contributed by atoms with van der Waals surface area (Å²) in [5, 5.41) is 2.09. The van der Waals surface area contributed by atoms with E-state index in [2.05, 4.69) is 37.4 Å². The number of benzene rings is 1. The third-order valence-electron chi connectivity index (χ3n) is 4.35. The lowest BCUT2D eigenvalue weighted by molar-refractivity contribution is 0.0622. The highest BCUT2D eigenvalue weighted by Gasteiger charge is 2.27. The van der Waals surface area contributed by atoms with Crippen molar-refractivity contribution in [1.29, 1.82) is 0 Å². The maximum absolute atomic E-state index is 13.0. The van der Waals surface area contributed by atoms with E-state index in [1.54, 1.807) is 11.3 Å². The minimum Gasteiger partial charge on any atom is -0.338 e. The first-order valence-electron chi connectivity index (χ1n) is 8.03. The van der Waals surface area contributed by atoms with Crippen molar-refractivity contribution in [3.63, 3.8) is 0 Å². The molecule has 1 amide bonds. The van der Waals surface area contributed by atoms with Crippen LogP contribution in [0.2, 0.25) is 0 Å². The van der Waals surface area contributed by atoms with Crippen molar-refractivity contribution in [3.8, 4) is 0 Å². The third-order valence-corrected chi connectivity index (χ3v) is 5.23. The number of hydrogen-bond acceptors (Lipinski definition) is 2. The summed E-state index contributed by atoms with van der Waals surface area (Å²) >= 11 is 1.75. The van der Waals surface area contributed by atoms with Gasteiger partial charge in [-0.3, -0.25) is 4.79 Å². The molecule has 0 aliphatic carbocycles. The number of carbonyl (C=O) groups is 1. The lowest BCUT2D eigenvalue weighted by atomic mass is 9.91. The average molecular weight is 313 g/mol. The Kier molecular flexibility index (Phi) is 4.63. The molecule has 2 unspecified atom stereocenters. The van der Waals surface area contributed by atoms with Gasteiger partial charge in [-0.15, -0.1) is 11.3 Å². The monoisotopic (exact) mass is 313 g/mol. The normalized spacial score (nSPS) is 21.8. The maximum Gasteiger partial charge on any atom is 0.254 e. The highest BCUT2D eigenvalue weighted by atomic mass is 32.1. The summed E-state index contributed by atoms with van der Waals surface area (Å²) in [4.78, 5) is 16.3. The minimum absolute atomic E-state index is 0.200. The molecule has 0 saturated carbocycles. The van der Waals surface area contributed by atoms with Crippen LogP contribution in [0.3, 0.4) is 0 Å². The molecule has 1 saturated heterocycles. The predicted molar refractivity (Wildman–Crippen MR) is 92.4 cm³/mol. The second-order valence-electron chi connectivity index (χ2n) is 6.57. The molecule has 1 aromatic heterocycles. The van der Waals surface area contributed by atoms with Crippen molar-refractivity contribution < 1.29 is 4.79 Å². The van der Waals surface area contributed by atoms with Gasteiger partial charge in [0.25, 0.3) is 5.91 Å². The first-order valence-corrected chi connectivity index (χ1v) is 8.91. The molecule has 2 atom stereocenters. The summed E-state index contributed by atoms with van der Waals surface area (Å²) in [6.45, 7) is 6.26. The Morgan fingerprint density at radius 1 is 1.14 bits per heavy atom. The van der Waals surface area contributed by atoms with E-state index in [9.17, 15) is 4.79 Å². The fourth-order valence-corrected chi connectivity index (χ4v) is 4.21. The van der Waals surface area contributed by atoms with Gasteiger partial charge in [0.05, 0.1) is 0 Å². The lowest BCUT2D eigenvalue weighted by Crippen LogP contribution is -2.42. The quantitative estimate of drug-likeness (QED) is 0.819. The molecule has 22 heavy (non-hydrogen) atoms. The van der Waals surface area contributed by atoms with E-state index in [1.165, 1.54) is 11.3 Å². The molecular formula is C19H23NOS. The molecule has 1 aliphatic heterocycles. The number of nitrogens with zero attached hydrogens (tertiary/aromatic N) is 1. The van der Waals surface area contributed by atoms with Crippen molar-refractivity contribution in [2.24, 2.45) is 11.8 Å². The Bertz CT molecular complexity index is 625. The van der Waals surface area contributed by atoms with Gasteiger partial charge in [-0.1, -0.05) is 38.1 Å². The smallest absolute Gasteiger partial charge is 0.254 e. The zero-order valence-electron chi connectivity index (χ0n) is 13.3. The Morgan fingerprint density at radius 2 is 1.86 bits per heavy atom. The molecule has 2 heterocycles. The van der Waals surface area contributed by atoms with Crippen molar-refractivity contribution in [2.45, 2.75) is 26.7 Å². The van der Waals surface area contributed by atoms with Gasteiger partial charge >= 0.3 is 0 Å². The van der Waals surface area contributed by atoms with Gasteiger partial charge in [0, 0.05) is 30.0 Å². The second kappa shape index (κ2) is 6.66. The fourth-order valence-electron chi connectivity index (χ4n) is 3.48. The Balaban J connectivity index is 1.83. The number of amides is 1. The van der Waals surface area contributed by atoms with Crippen molar-refractivity contribution in [3.05, 3.63) is 57.8 Å². The maximum atomic E-state index is 13.0. The first-order chi connectivity index (χ1) is 10.6. The van der Waals surface area contributed by atoms with Gasteiger partial charge in [-0.25, -0.2) is 0 Å². The molecule has 1 aromatic carbocycles. The van der Waals surface area contributed by atoms with Gasteiger partial charge in [-0.2, -0.15) is 0 Å². The van der Waals surface area contributed by atoms with E-state index in [0.717, 1.165) is 30.6 Å². The van der Waals surface area contributed by atoms with Crippen molar-refractivity contribution >= 4 is 17.2 Å². The largest absolute Gasteiger partial charge is 0.338 e. The second-order valence-corrected chi connectivity index (χ2v) is 7.60. The summed E-state index contributed by atoms with van der Waals surface area (Å²) in [6.07, 6.45) is 2.07. The Labute approximate surface area is 136 Å². The van der Waals surface area contributed by atoms with Crippen LogP contribution in [0.25, 0.3) is 0 Å². The number of rotatable bonds is 3. The van der Waals surface area contributed by atoms with Gasteiger partial charge in [0.2, 0.25) is 0 Å². The molecular weight excluding hydrogens is 290 g/mol. The molecule has 1 aliphatic rings. The predicted octanol–water partition coefficient (Wildman–Crippen LogP) is 4.46. The summed E-state index contributed by atoms with van der Waals surface area (Å²) in [6, 6.07) is 12.3. The number of carbonyl (C=O) groups excluding carboxylic acids is 1. The number of thiophene rings is 1. The van der Waals surface area contributed by atoms with Crippen LogP contribution in [0.4, 0.5) is 0 Å². The van der Waals surface area contributed by atoms with Gasteiger partial charge in [-0.05, 0) is 41.3 Å². The first kappa shape index (κ1) is 15.3. The van der Waals surface area contributed by atoms with Crippen LogP contribution in [0.5, 0.6) is 0 Å². The highest BCUT2D eigenvalue weighted by molar-refractivity contribution is 7.09. The van der Waals surface area contributed by atoms with Crippen LogP contribution in [0.15, 0.2) is 41.8 Å². The van der Waals surface area contributed by atoms with E-state index < -0.39 is 0 Å². The van der Waals surface area contributed by atoms with E-state index in [0.29, 0.717) is 11.8 Å². The molecule has 2 aromatic rings. The SMILES string of the molecule is CC1CC(C)CN(C(=O)c2ccccc2Cc2cccs2)C1.